The number of hydrogen-bond acceptors (Lipinski definition) is 7. The summed E-state index contributed by atoms with van der Waals surface area (Å²) in [6.07, 6.45) is 2.79. The highest BCUT2D eigenvalue weighted by Crippen LogP contribution is 2.61. The Morgan fingerprint density at radius 2 is 2.00 bits per heavy atom. The van der Waals surface area contributed by atoms with Gasteiger partial charge >= 0.3 is 12.1 Å². The van der Waals surface area contributed by atoms with Crippen molar-refractivity contribution in [3.8, 4) is 0 Å². The minimum Gasteiger partial charge on any atom is -0.444 e. The number of rotatable bonds is 7. The zero-order chi connectivity index (χ0) is 23.9. The third kappa shape index (κ3) is 4.59. The molecule has 0 radical (unpaired) electrons. The van der Waals surface area contributed by atoms with Crippen molar-refractivity contribution in [1.82, 2.24) is 25.5 Å². The van der Waals surface area contributed by atoms with Crippen LogP contribution in [0.4, 0.5) is 9.59 Å². The fourth-order valence-corrected chi connectivity index (χ4v) is 4.80. The van der Waals surface area contributed by atoms with E-state index in [2.05, 4.69) is 15.5 Å². The first-order valence-corrected chi connectivity index (χ1v) is 11.8. The van der Waals surface area contributed by atoms with Crippen molar-refractivity contribution in [2.45, 2.75) is 70.7 Å². The molecule has 5 rings (SSSR count). The van der Waals surface area contributed by atoms with Crippen LogP contribution in [0.25, 0.3) is 0 Å². The Morgan fingerprint density at radius 1 is 1.24 bits per heavy atom. The van der Waals surface area contributed by atoms with E-state index < -0.39 is 11.7 Å². The summed E-state index contributed by atoms with van der Waals surface area (Å²) in [4.78, 5) is 32.9. The van der Waals surface area contributed by atoms with E-state index in [1.807, 2.05) is 51.1 Å². The number of carbonyl (C=O) groups is 2. The van der Waals surface area contributed by atoms with E-state index in [4.69, 9.17) is 14.0 Å². The van der Waals surface area contributed by atoms with Gasteiger partial charge in [-0.25, -0.2) is 9.59 Å². The van der Waals surface area contributed by atoms with Crippen molar-refractivity contribution in [2.24, 2.45) is 5.41 Å². The van der Waals surface area contributed by atoms with Crippen LogP contribution < -0.4 is 5.32 Å². The Labute approximate surface area is 198 Å². The molecule has 2 aromatic rings. The second-order valence-electron chi connectivity index (χ2n) is 10.3. The minimum atomic E-state index is -0.555. The predicted octanol–water partition coefficient (Wildman–Crippen LogP) is 3.60. The molecule has 2 aliphatic heterocycles. The quantitative estimate of drug-likeness (QED) is 0.660. The molecule has 2 saturated heterocycles. The molecule has 34 heavy (non-hydrogen) atoms. The van der Waals surface area contributed by atoms with E-state index in [9.17, 15) is 9.59 Å². The predicted molar refractivity (Wildman–Crippen MR) is 120 cm³/mol. The second-order valence-corrected chi connectivity index (χ2v) is 10.3. The monoisotopic (exact) mass is 469 g/mol. The van der Waals surface area contributed by atoms with Gasteiger partial charge in [-0.05, 0) is 51.0 Å². The van der Waals surface area contributed by atoms with Crippen molar-refractivity contribution in [1.29, 1.82) is 0 Å². The molecule has 2 atom stereocenters. The van der Waals surface area contributed by atoms with Crippen molar-refractivity contribution in [3.05, 3.63) is 47.7 Å². The molecule has 182 valence electrons. The maximum Gasteiger partial charge on any atom is 0.407 e. The Balaban J connectivity index is 1.22. The Kier molecular flexibility index (Phi) is 5.71. The SMILES string of the molecule is CC(C)(C)OC(=O)NCCc1nnc([C@@H]2CC3(CC3)[C@@H]3CN2C(=O)N3OCc2ccccc2)o1. The highest BCUT2D eigenvalue weighted by atomic mass is 16.7. The van der Waals surface area contributed by atoms with Gasteiger partial charge in [0.1, 0.15) is 18.2 Å². The molecule has 3 fully saturated rings. The van der Waals surface area contributed by atoms with Crippen molar-refractivity contribution in [2.75, 3.05) is 13.1 Å². The van der Waals surface area contributed by atoms with Crippen LogP contribution in [0.3, 0.4) is 0 Å². The van der Waals surface area contributed by atoms with Gasteiger partial charge in [0.25, 0.3) is 0 Å². The average molecular weight is 470 g/mol. The molecule has 1 spiro atoms. The summed E-state index contributed by atoms with van der Waals surface area (Å²) < 4.78 is 11.2. The van der Waals surface area contributed by atoms with Crippen LogP contribution in [-0.2, 0) is 22.6 Å². The fourth-order valence-electron chi connectivity index (χ4n) is 4.80. The number of nitrogens with zero attached hydrogens (tertiary/aromatic N) is 4. The maximum absolute atomic E-state index is 13.3. The first-order valence-electron chi connectivity index (χ1n) is 11.8. The van der Waals surface area contributed by atoms with Gasteiger partial charge in [0.2, 0.25) is 11.8 Å². The number of benzene rings is 1. The lowest BCUT2D eigenvalue weighted by atomic mass is 9.85. The normalized spacial score (nSPS) is 22.9. The first kappa shape index (κ1) is 22.6. The molecule has 1 aliphatic carbocycles. The zero-order valence-corrected chi connectivity index (χ0v) is 19.8. The number of nitrogens with one attached hydrogen (secondary N) is 1. The molecule has 0 unspecified atom stereocenters. The number of hydroxylamine groups is 2. The zero-order valence-electron chi connectivity index (χ0n) is 19.8. The Morgan fingerprint density at radius 3 is 2.71 bits per heavy atom. The van der Waals surface area contributed by atoms with Crippen LogP contribution in [0, 0.1) is 5.41 Å². The molecule has 1 saturated carbocycles. The number of carbonyl (C=O) groups excluding carboxylic acids is 2. The van der Waals surface area contributed by atoms with Gasteiger partial charge < -0.3 is 19.4 Å². The average Bonchev–Trinajstić information content (AvgIpc) is 3.28. The van der Waals surface area contributed by atoms with Crippen LogP contribution in [0.5, 0.6) is 0 Å². The standard InChI is InChI=1S/C24H31N5O5/c1-23(2,3)34-21(30)25-12-9-19-26-27-20(33-19)17-13-24(10-11-24)18-14-28(17)22(31)29(18)32-15-16-7-5-4-6-8-16/h4-8,17-18H,9-15H2,1-3H3,(H,25,30)/t17-,18-/m0/s1. The summed E-state index contributed by atoms with van der Waals surface area (Å²) >= 11 is 0. The van der Waals surface area contributed by atoms with Gasteiger partial charge in [-0.2, -0.15) is 5.06 Å². The fraction of sp³-hybridized carbons (Fsp3) is 0.583. The lowest BCUT2D eigenvalue weighted by Gasteiger charge is -2.35. The topological polar surface area (TPSA) is 110 Å². The van der Waals surface area contributed by atoms with Crippen LogP contribution in [0.2, 0.25) is 0 Å². The molecule has 2 bridgehead atoms. The molecule has 1 aromatic carbocycles. The summed E-state index contributed by atoms with van der Waals surface area (Å²) in [7, 11) is 0. The number of urea groups is 1. The van der Waals surface area contributed by atoms with Crippen molar-refractivity contribution >= 4 is 12.1 Å². The van der Waals surface area contributed by atoms with Crippen LogP contribution >= 0.6 is 0 Å². The lowest BCUT2D eigenvalue weighted by molar-refractivity contribution is -0.153. The van der Waals surface area contributed by atoms with E-state index in [0.29, 0.717) is 37.9 Å². The van der Waals surface area contributed by atoms with Gasteiger partial charge in [0.15, 0.2) is 0 Å². The molecule has 10 heteroatoms. The number of alkyl carbamates (subject to hydrolysis) is 1. The van der Waals surface area contributed by atoms with Gasteiger partial charge in [-0.15, -0.1) is 10.2 Å². The molecule has 1 aromatic heterocycles. The Hall–Kier alpha value is -3.14. The molecule has 10 nitrogen and oxygen atoms in total. The molecule has 3 heterocycles. The molecular weight excluding hydrogens is 438 g/mol. The molecule has 1 N–H and O–H groups in total. The summed E-state index contributed by atoms with van der Waals surface area (Å²) in [6, 6.07) is 9.47. The second kappa shape index (κ2) is 8.57. The van der Waals surface area contributed by atoms with Gasteiger partial charge in [-0.3, -0.25) is 4.84 Å². The maximum atomic E-state index is 13.3. The number of piperidine rings is 1. The first-order chi connectivity index (χ1) is 16.2. The van der Waals surface area contributed by atoms with E-state index in [1.165, 1.54) is 0 Å². The van der Waals surface area contributed by atoms with E-state index >= 15 is 0 Å². The number of fused-ring (bicyclic) bond motifs is 3. The molecule has 3 amide bonds. The van der Waals surface area contributed by atoms with Crippen molar-refractivity contribution < 1.29 is 23.6 Å². The number of ether oxygens (including phenoxy) is 1. The molecular formula is C24H31N5O5. The number of amides is 3. The lowest BCUT2D eigenvalue weighted by Crippen LogP contribution is -2.42. The Bertz CT molecular complexity index is 1050. The van der Waals surface area contributed by atoms with E-state index in [-0.39, 0.29) is 23.5 Å². The van der Waals surface area contributed by atoms with Crippen LogP contribution in [0.15, 0.2) is 34.7 Å². The largest absolute Gasteiger partial charge is 0.444 e. The third-order valence-corrected chi connectivity index (χ3v) is 6.65. The van der Waals surface area contributed by atoms with Crippen LogP contribution in [0.1, 0.15) is 63.4 Å². The van der Waals surface area contributed by atoms with E-state index in [1.54, 1.807) is 9.96 Å². The molecule has 3 aliphatic rings. The van der Waals surface area contributed by atoms with Gasteiger partial charge in [-0.1, -0.05) is 30.3 Å². The van der Waals surface area contributed by atoms with E-state index in [0.717, 1.165) is 24.8 Å². The summed E-state index contributed by atoms with van der Waals surface area (Å²) in [5.74, 6) is 0.858. The third-order valence-electron chi connectivity index (χ3n) is 6.65. The van der Waals surface area contributed by atoms with Crippen LogP contribution in [-0.4, -0.2) is 57.0 Å². The number of hydrogen-bond donors (Lipinski definition) is 1. The summed E-state index contributed by atoms with van der Waals surface area (Å²) in [6.45, 7) is 6.70. The highest BCUT2D eigenvalue weighted by Gasteiger charge is 2.64. The summed E-state index contributed by atoms with van der Waals surface area (Å²) in [5, 5.41) is 12.6. The highest BCUT2D eigenvalue weighted by molar-refractivity contribution is 5.77. The minimum absolute atomic E-state index is 0.0386. The smallest absolute Gasteiger partial charge is 0.407 e. The van der Waals surface area contributed by atoms with Gasteiger partial charge in [0, 0.05) is 19.5 Å². The number of aromatic nitrogens is 2. The van der Waals surface area contributed by atoms with Crippen molar-refractivity contribution in [3.63, 3.8) is 0 Å². The summed E-state index contributed by atoms with van der Waals surface area (Å²) in [5.41, 5.74) is 0.506. The van der Waals surface area contributed by atoms with Gasteiger partial charge in [0.05, 0.1) is 6.04 Å².